The van der Waals surface area contributed by atoms with Crippen molar-refractivity contribution in [2.24, 2.45) is 0 Å². The Hall–Kier alpha value is -2.34. The van der Waals surface area contributed by atoms with E-state index < -0.39 is 18.0 Å². The van der Waals surface area contributed by atoms with Crippen molar-refractivity contribution < 1.29 is 14.7 Å². The van der Waals surface area contributed by atoms with E-state index in [0.29, 0.717) is 12.1 Å². The van der Waals surface area contributed by atoms with Crippen LogP contribution >= 0.6 is 11.3 Å². The number of carboxylic acid groups (broad SMARTS) is 1. The Labute approximate surface area is 126 Å². The van der Waals surface area contributed by atoms with Crippen LogP contribution in [0.1, 0.15) is 16.5 Å². The first kappa shape index (κ1) is 15.1. The average molecular weight is 304 g/mol. The van der Waals surface area contributed by atoms with Crippen molar-refractivity contribution in [1.29, 1.82) is 0 Å². The van der Waals surface area contributed by atoms with Crippen molar-refractivity contribution in [2.75, 3.05) is 6.54 Å². The minimum absolute atomic E-state index is 0.466. The predicted molar refractivity (Wildman–Crippen MR) is 81.4 cm³/mol. The van der Waals surface area contributed by atoms with E-state index in [1.54, 1.807) is 41.7 Å². The summed E-state index contributed by atoms with van der Waals surface area (Å²) >= 11 is 1.62. The summed E-state index contributed by atoms with van der Waals surface area (Å²) in [6, 6.07) is 11.0. The lowest BCUT2D eigenvalue weighted by Gasteiger charge is -2.15. The van der Waals surface area contributed by atoms with Gasteiger partial charge in [-0.3, -0.25) is 0 Å². The number of urea groups is 1. The molecule has 0 radical (unpaired) electrons. The van der Waals surface area contributed by atoms with Crippen LogP contribution in [0.2, 0.25) is 0 Å². The van der Waals surface area contributed by atoms with Gasteiger partial charge in [0.2, 0.25) is 0 Å². The number of rotatable bonds is 6. The molecule has 0 saturated carbocycles. The molecule has 1 unspecified atom stereocenters. The fourth-order valence-electron chi connectivity index (χ4n) is 1.87. The number of nitrogens with one attached hydrogen (secondary N) is 2. The number of thiophene rings is 1. The molecule has 0 aliphatic heterocycles. The molecule has 1 heterocycles. The van der Waals surface area contributed by atoms with Gasteiger partial charge in [-0.15, -0.1) is 11.3 Å². The SMILES string of the molecule is O=C(NCCc1cccs1)NC(C(=O)O)c1ccccc1. The molecule has 0 saturated heterocycles. The van der Waals surface area contributed by atoms with Crippen LogP contribution in [0.4, 0.5) is 4.79 Å². The highest BCUT2D eigenvalue weighted by Crippen LogP contribution is 2.12. The van der Waals surface area contributed by atoms with E-state index in [2.05, 4.69) is 10.6 Å². The van der Waals surface area contributed by atoms with Gasteiger partial charge in [-0.05, 0) is 23.4 Å². The molecule has 6 heteroatoms. The fourth-order valence-corrected chi connectivity index (χ4v) is 2.58. The van der Waals surface area contributed by atoms with Crippen LogP contribution in [0.15, 0.2) is 47.8 Å². The molecule has 1 atom stereocenters. The van der Waals surface area contributed by atoms with E-state index in [4.69, 9.17) is 0 Å². The third-order valence-electron chi connectivity index (χ3n) is 2.89. The Balaban J connectivity index is 1.85. The number of carbonyl (C=O) groups is 2. The molecule has 0 aliphatic rings. The van der Waals surface area contributed by atoms with Gasteiger partial charge in [0.25, 0.3) is 0 Å². The minimum atomic E-state index is -1.09. The zero-order valence-electron chi connectivity index (χ0n) is 11.3. The number of aliphatic carboxylic acids is 1. The minimum Gasteiger partial charge on any atom is -0.479 e. The Bertz CT molecular complexity index is 584. The summed E-state index contributed by atoms with van der Waals surface area (Å²) in [5.74, 6) is -1.09. The molecule has 1 aromatic heterocycles. The van der Waals surface area contributed by atoms with Crippen molar-refractivity contribution in [3.8, 4) is 0 Å². The molecule has 110 valence electrons. The number of benzene rings is 1. The lowest BCUT2D eigenvalue weighted by atomic mass is 10.1. The van der Waals surface area contributed by atoms with E-state index in [-0.39, 0.29) is 0 Å². The lowest BCUT2D eigenvalue weighted by molar-refractivity contribution is -0.139. The molecular formula is C15H16N2O3S. The number of amides is 2. The molecule has 0 fully saturated rings. The van der Waals surface area contributed by atoms with E-state index in [1.807, 2.05) is 17.5 Å². The molecule has 3 N–H and O–H groups in total. The second-order valence-corrected chi connectivity index (χ2v) is 5.44. The highest BCUT2D eigenvalue weighted by atomic mass is 32.1. The van der Waals surface area contributed by atoms with Gasteiger partial charge in [-0.2, -0.15) is 0 Å². The predicted octanol–water partition coefficient (Wildman–Crippen LogP) is 2.42. The zero-order chi connectivity index (χ0) is 15.1. The van der Waals surface area contributed by atoms with Gasteiger partial charge in [0, 0.05) is 11.4 Å². The van der Waals surface area contributed by atoms with Crippen LogP contribution < -0.4 is 10.6 Å². The summed E-state index contributed by atoms with van der Waals surface area (Å²) in [4.78, 5) is 24.2. The molecule has 2 amide bonds. The molecule has 2 rings (SSSR count). The zero-order valence-corrected chi connectivity index (χ0v) is 12.1. The number of carbonyl (C=O) groups excluding carboxylic acids is 1. The number of carboxylic acids is 1. The van der Waals surface area contributed by atoms with Crippen LogP contribution in [0, 0.1) is 0 Å². The van der Waals surface area contributed by atoms with E-state index in [1.165, 1.54) is 4.88 Å². The third kappa shape index (κ3) is 4.61. The standard InChI is InChI=1S/C15H16N2O3S/c18-14(19)13(11-5-2-1-3-6-11)17-15(20)16-9-8-12-7-4-10-21-12/h1-7,10,13H,8-9H2,(H,18,19)(H2,16,17,20). The Morgan fingerprint density at radius 1 is 1.14 bits per heavy atom. The van der Waals surface area contributed by atoms with Crippen LogP contribution in [0.5, 0.6) is 0 Å². The van der Waals surface area contributed by atoms with Gasteiger partial charge in [0.1, 0.15) is 0 Å². The Kier molecular flexibility index (Phi) is 5.34. The number of hydrogen-bond donors (Lipinski definition) is 3. The number of hydrogen-bond acceptors (Lipinski definition) is 3. The largest absolute Gasteiger partial charge is 0.479 e. The maximum Gasteiger partial charge on any atom is 0.330 e. The second kappa shape index (κ2) is 7.44. The normalized spacial score (nSPS) is 11.6. The molecule has 0 bridgehead atoms. The van der Waals surface area contributed by atoms with Crippen LogP contribution in [0.3, 0.4) is 0 Å². The molecule has 5 nitrogen and oxygen atoms in total. The highest BCUT2D eigenvalue weighted by molar-refractivity contribution is 7.09. The fraction of sp³-hybridized carbons (Fsp3) is 0.200. The lowest BCUT2D eigenvalue weighted by Crippen LogP contribution is -2.41. The second-order valence-electron chi connectivity index (χ2n) is 4.41. The van der Waals surface area contributed by atoms with Crippen LogP contribution in [0.25, 0.3) is 0 Å². The van der Waals surface area contributed by atoms with E-state index in [0.717, 1.165) is 6.42 Å². The van der Waals surface area contributed by atoms with Crippen LogP contribution in [-0.2, 0) is 11.2 Å². The summed E-state index contributed by atoms with van der Waals surface area (Å²) in [6.07, 6.45) is 0.730. The third-order valence-corrected chi connectivity index (χ3v) is 3.83. The van der Waals surface area contributed by atoms with Gasteiger partial charge in [0.15, 0.2) is 6.04 Å². The first-order valence-corrected chi connectivity index (χ1v) is 7.39. The highest BCUT2D eigenvalue weighted by Gasteiger charge is 2.21. The monoisotopic (exact) mass is 304 g/mol. The molecule has 0 spiro atoms. The van der Waals surface area contributed by atoms with Crippen molar-refractivity contribution in [1.82, 2.24) is 10.6 Å². The summed E-state index contributed by atoms with van der Waals surface area (Å²) < 4.78 is 0. The Morgan fingerprint density at radius 3 is 2.52 bits per heavy atom. The molecule has 1 aromatic carbocycles. The quantitative estimate of drug-likeness (QED) is 0.767. The van der Waals surface area contributed by atoms with Gasteiger partial charge in [-0.1, -0.05) is 36.4 Å². The van der Waals surface area contributed by atoms with Gasteiger partial charge < -0.3 is 15.7 Å². The smallest absolute Gasteiger partial charge is 0.330 e. The molecular weight excluding hydrogens is 288 g/mol. The van der Waals surface area contributed by atoms with Crippen molar-refractivity contribution in [3.05, 3.63) is 58.3 Å². The summed E-state index contributed by atoms with van der Waals surface area (Å²) in [5.41, 5.74) is 0.540. The van der Waals surface area contributed by atoms with Gasteiger partial charge in [-0.25, -0.2) is 9.59 Å². The first-order valence-electron chi connectivity index (χ1n) is 6.51. The van der Waals surface area contributed by atoms with Gasteiger partial charge in [0.05, 0.1) is 0 Å². The van der Waals surface area contributed by atoms with Gasteiger partial charge >= 0.3 is 12.0 Å². The maximum atomic E-state index is 11.8. The first-order chi connectivity index (χ1) is 10.2. The molecule has 0 aliphatic carbocycles. The maximum absolute atomic E-state index is 11.8. The van der Waals surface area contributed by atoms with E-state index >= 15 is 0 Å². The van der Waals surface area contributed by atoms with Crippen molar-refractivity contribution in [2.45, 2.75) is 12.5 Å². The Morgan fingerprint density at radius 2 is 1.90 bits per heavy atom. The van der Waals surface area contributed by atoms with E-state index in [9.17, 15) is 14.7 Å². The average Bonchev–Trinajstić information content (AvgIpc) is 2.98. The summed E-state index contributed by atoms with van der Waals surface area (Å²) in [5, 5.41) is 16.3. The summed E-state index contributed by atoms with van der Waals surface area (Å²) in [6.45, 7) is 0.466. The molecule has 2 aromatic rings. The van der Waals surface area contributed by atoms with Crippen LogP contribution in [-0.4, -0.2) is 23.7 Å². The summed E-state index contributed by atoms with van der Waals surface area (Å²) in [7, 11) is 0. The van der Waals surface area contributed by atoms with Crippen molar-refractivity contribution >= 4 is 23.3 Å². The molecule has 21 heavy (non-hydrogen) atoms. The topological polar surface area (TPSA) is 78.4 Å². The van der Waals surface area contributed by atoms with Crippen molar-refractivity contribution in [3.63, 3.8) is 0 Å².